The molecule has 4 aromatic heterocycles. The first-order chi connectivity index (χ1) is 22.3. The van der Waals surface area contributed by atoms with Gasteiger partial charge in [-0.2, -0.15) is 0 Å². The summed E-state index contributed by atoms with van der Waals surface area (Å²) in [7, 11) is 0. The van der Waals surface area contributed by atoms with Crippen molar-refractivity contribution in [3.63, 3.8) is 0 Å². The van der Waals surface area contributed by atoms with Crippen LogP contribution in [-0.2, 0) is 9.47 Å². The van der Waals surface area contributed by atoms with E-state index >= 15 is 0 Å². The van der Waals surface area contributed by atoms with Gasteiger partial charge in [-0.25, -0.2) is 39.3 Å². The number of ether oxygens (including phenoxy) is 2. The number of amides is 4. The van der Waals surface area contributed by atoms with E-state index in [1.165, 1.54) is 68.9 Å². The third-order valence-corrected chi connectivity index (χ3v) is 7.82. The van der Waals surface area contributed by atoms with Crippen molar-refractivity contribution in [1.29, 1.82) is 0 Å². The van der Waals surface area contributed by atoms with E-state index in [1.807, 2.05) is 0 Å². The predicted octanol–water partition coefficient (Wildman–Crippen LogP) is 3.27. The van der Waals surface area contributed by atoms with Gasteiger partial charge in [-0.3, -0.25) is 19.6 Å². The van der Waals surface area contributed by atoms with Crippen LogP contribution in [0.5, 0.6) is 0 Å². The molecule has 0 aromatic carbocycles. The molecule has 0 aliphatic carbocycles. The number of hydrogen-bond donors (Lipinski definition) is 0. The summed E-state index contributed by atoms with van der Waals surface area (Å²) >= 11 is 11.9. The van der Waals surface area contributed by atoms with Crippen molar-refractivity contribution >= 4 is 58.8 Å². The molecule has 7 heterocycles. The van der Waals surface area contributed by atoms with Gasteiger partial charge >= 0.3 is 12.2 Å². The molecule has 232 valence electrons. The summed E-state index contributed by atoms with van der Waals surface area (Å²) in [5, 5.41) is 0.722. The molecule has 3 aliphatic rings. The second-order valence-corrected chi connectivity index (χ2v) is 10.9. The van der Waals surface area contributed by atoms with Crippen LogP contribution in [0.2, 0.25) is 10.0 Å². The maximum absolute atomic E-state index is 13.3. The number of carbonyl (C=O) groups excluding carboxylic acids is 4. The standard InChI is InChI=1S/C28H20Cl2N10O6/c29-15-1-3-17(35-13-15)39-23(41)19-21(33-7-5-31-19)25(39)45-27(43)37-9-11-38(12-10-37)28(44)46-26-22-20(32-6-8-34-22)24(42)40(26)18-4-2-16(30)14-36-18/h1-8,13-14,25-26H,9-12H2. The highest BCUT2D eigenvalue weighted by molar-refractivity contribution is 6.30. The first-order valence-corrected chi connectivity index (χ1v) is 14.5. The summed E-state index contributed by atoms with van der Waals surface area (Å²) in [6.45, 7) is 0.347. The lowest BCUT2D eigenvalue weighted by Gasteiger charge is -2.35. The monoisotopic (exact) mass is 662 g/mol. The Morgan fingerprint density at radius 2 is 1.00 bits per heavy atom. The Labute approximate surface area is 269 Å². The van der Waals surface area contributed by atoms with Crippen LogP contribution in [0.3, 0.4) is 0 Å². The summed E-state index contributed by atoms with van der Waals surface area (Å²) in [6, 6.07) is 6.14. The van der Waals surface area contributed by atoms with Crippen LogP contribution in [-0.4, -0.2) is 89.9 Å². The van der Waals surface area contributed by atoms with E-state index in [9.17, 15) is 19.2 Å². The van der Waals surface area contributed by atoms with Gasteiger partial charge in [0.25, 0.3) is 11.8 Å². The predicted molar refractivity (Wildman–Crippen MR) is 158 cm³/mol. The summed E-state index contributed by atoms with van der Waals surface area (Å²) in [4.78, 5) is 83.2. The van der Waals surface area contributed by atoms with Crippen LogP contribution in [0.15, 0.2) is 61.4 Å². The number of aromatic nitrogens is 6. The Bertz CT molecular complexity index is 1720. The molecule has 0 N–H and O–H groups in total. The molecular formula is C28H20Cl2N10O6. The van der Waals surface area contributed by atoms with E-state index in [4.69, 9.17) is 32.7 Å². The van der Waals surface area contributed by atoms with E-state index in [2.05, 4.69) is 29.9 Å². The van der Waals surface area contributed by atoms with Crippen molar-refractivity contribution in [2.24, 2.45) is 0 Å². The van der Waals surface area contributed by atoms with Gasteiger partial charge < -0.3 is 19.3 Å². The summed E-state index contributed by atoms with van der Waals surface area (Å²) in [5.41, 5.74) is 0.385. The number of rotatable bonds is 4. The zero-order valence-corrected chi connectivity index (χ0v) is 24.9. The largest absolute Gasteiger partial charge is 0.419 e. The number of carbonyl (C=O) groups is 4. The molecule has 4 aromatic rings. The van der Waals surface area contributed by atoms with Gasteiger partial charge in [0.05, 0.1) is 10.0 Å². The molecule has 2 unspecified atom stereocenters. The van der Waals surface area contributed by atoms with Gasteiger partial charge in [-0.15, -0.1) is 0 Å². The van der Waals surface area contributed by atoms with Crippen LogP contribution in [0.1, 0.15) is 44.8 Å². The van der Waals surface area contributed by atoms with Crippen molar-refractivity contribution < 1.29 is 28.7 Å². The lowest BCUT2D eigenvalue weighted by molar-refractivity contribution is 0.0291. The first-order valence-electron chi connectivity index (χ1n) is 13.7. The molecular weight excluding hydrogens is 643 g/mol. The Morgan fingerprint density at radius 3 is 1.37 bits per heavy atom. The lowest BCUT2D eigenvalue weighted by Crippen LogP contribution is -2.52. The molecule has 4 amide bonds. The smallest absolute Gasteiger partial charge is 0.412 e. The molecule has 16 nitrogen and oxygen atoms in total. The van der Waals surface area contributed by atoms with Crippen molar-refractivity contribution in [2.45, 2.75) is 12.5 Å². The van der Waals surface area contributed by atoms with Crippen molar-refractivity contribution in [3.05, 3.63) is 94.3 Å². The molecule has 0 bridgehead atoms. The van der Waals surface area contributed by atoms with Crippen molar-refractivity contribution in [3.8, 4) is 0 Å². The van der Waals surface area contributed by atoms with Gasteiger partial charge in [0.1, 0.15) is 23.0 Å². The molecule has 1 fully saturated rings. The minimum absolute atomic E-state index is 0.0316. The van der Waals surface area contributed by atoms with Crippen molar-refractivity contribution in [2.75, 3.05) is 36.0 Å². The highest BCUT2D eigenvalue weighted by atomic mass is 35.5. The second kappa shape index (κ2) is 11.8. The SMILES string of the molecule is O=C(OC1c2nccnc2C(=O)N1c1ccc(Cl)cn1)N1CCN(C(=O)OC2c3nccnc3C(=O)N2c2ccc(Cl)cn2)CC1. The number of fused-ring (bicyclic) bond motifs is 2. The maximum Gasteiger partial charge on any atom is 0.412 e. The number of pyridine rings is 2. The molecule has 3 aliphatic heterocycles. The van der Waals surface area contributed by atoms with Crippen molar-refractivity contribution in [1.82, 2.24) is 39.7 Å². The van der Waals surface area contributed by atoms with Crippen LogP contribution in [0, 0.1) is 0 Å². The van der Waals surface area contributed by atoms with Gasteiger partial charge in [0.2, 0.25) is 12.5 Å². The zero-order chi connectivity index (χ0) is 31.9. The fourth-order valence-electron chi connectivity index (χ4n) is 5.17. The van der Waals surface area contributed by atoms with Crippen LogP contribution >= 0.6 is 23.2 Å². The average Bonchev–Trinajstić information content (AvgIpc) is 3.51. The van der Waals surface area contributed by atoms with Gasteiger partial charge in [0, 0.05) is 63.4 Å². The number of nitrogens with zero attached hydrogens (tertiary/aromatic N) is 10. The van der Waals surface area contributed by atoms with E-state index in [0.29, 0.717) is 10.0 Å². The Hall–Kier alpha value is -5.48. The number of halogens is 2. The van der Waals surface area contributed by atoms with E-state index < -0.39 is 36.5 Å². The lowest BCUT2D eigenvalue weighted by atomic mass is 10.3. The molecule has 7 rings (SSSR count). The van der Waals surface area contributed by atoms with Crippen LogP contribution in [0.25, 0.3) is 0 Å². The van der Waals surface area contributed by atoms with Gasteiger partial charge in [-0.1, -0.05) is 23.2 Å². The Kier molecular flexibility index (Phi) is 7.50. The fourth-order valence-corrected chi connectivity index (χ4v) is 5.40. The maximum atomic E-state index is 13.3. The molecule has 46 heavy (non-hydrogen) atoms. The number of piperazine rings is 1. The van der Waals surface area contributed by atoms with E-state index in [-0.39, 0.29) is 60.6 Å². The third-order valence-electron chi connectivity index (χ3n) is 7.37. The first kappa shape index (κ1) is 29.2. The summed E-state index contributed by atoms with van der Waals surface area (Å²) in [6.07, 6.45) is 4.30. The number of anilines is 2. The third kappa shape index (κ3) is 5.16. The van der Waals surface area contributed by atoms with E-state index in [1.54, 1.807) is 12.1 Å². The minimum atomic E-state index is -1.23. The molecule has 0 saturated carbocycles. The van der Waals surface area contributed by atoms with Gasteiger partial charge in [-0.05, 0) is 24.3 Å². The Balaban J connectivity index is 1.03. The van der Waals surface area contributed by atoms with Crippen LogP contribution < -0.4 is 9.80 Å². The van der Waals surface area contributed by atoms with Gasteiger partial charge in [0.15, 0.2) is 11.4 Å². The molecule has 18 heteroatoms. The number of hydrogen-bond acceptors (Lipinski definition) is 12. The molecule has 0 radical (unpaired) electrons. The highest BCUT2D eigenvalue weighted by Crippen LogP contribution is 2.37. The topological polar surface area (TPSA) is 177 Å². The molecule has 1 saturated heterocycles. The average molecular weight is 663 g/mol. The normalized spacial score (nSPS) is 18.8. The molecule has 2 atom stereocenters. The fraction of sp³-hybridized carbons (Fsp3) is 0.214. The summed E-state index contributed by atoms with van der Waals surface area (Å²) in [5.74, 6) is -0.691. The highest BCUT2D eigenvalue weighted by Gasteiger charge is 2.46. The molecule has 0 spiro atoms. The van der Waals surface area contributed by atoms with E-state index in [0.717, 1.165) is 0 Å². The second-order valence-electron chi connectivity index (χ2n) is 10.0. The quantitative estimate of drug-likeness (QED) is 0.312. The summed E-state index contributed by atoms with van der Waals surface area (Å²) < 4.78 is 11.6. The Morgan fingerprint density at radius 1 is 0.609 bits per heavy atom. The zero-order valence-electron chi connectivity index (χ0n) is 23.4. The van der Waals surface area contributed by atoms with Crippen LogP contribution in [0.4, 0.5) is 21.2 Å². The minimum Gasteiger partial charge on any atom is -0.419 e.